The molecule has 2 N–H and O–H groups in total. The van der Waals surface area contributed by atoms with Crippen LogP contribution in [-0.4, -0.2) is 43.3 Å². The molecule has 1 aliphatic carbocycles. The number of carbonyl (C=O) groups excluding carboxylic acids is 2. The molecule has 0 bridgehead atoms. The van der Waals surface area contributed by atoms with Crippen LogP contribution in [0.1, 0.15) is 37.0 Å². The number of nitrogens with one attached hydrogen (secondary N) is 2. The van der Waals surface area contributed by atoms with E-state index in [1.807, 2.05) is 38.4 Å². The number of amides is 1. The molecule has 166 valence electrons. The number of hydrogen-bond donors (Lipinski definition) is 2. The van der Waals surface area contributed by atoms with Crippen LogP contribution in [0.5, 0.6) is 0 Å². The lowest BCUT2D eigenvalue weighted by Crippen LogP contribution is -2.53. The molecule has 31 heavy (non-hydrogen) atoms. The maximum atomic E-state index is 13.8. The number of fused-ring (bicyclic) bond motifs is 1. The van der Waals surface area contributed by atoms with Crippen LogP contribution in [0.15, 0.2) is 48.5 Å². The first-order valence-corrected chi connectivity index (χ1v) is 11.2. The topological polar surface area (TPSA) is 61.4 Å². The second-order valence-corrected chi connectivity index (χ2v) is 8.95. The third-order valence-electron chi connectivity index (χ3n) is 6.28. The van der Waals surface area contributed by atoms with Crippen molar-refractivity contribution in [3.63, 3.8) is 0 Å². The number of carbonyl (C=O) groups is 2. The second kappa shape index (κ2) is 10.6. The highest BCUT2D eigenvalue weighted by Crippen LogP contribution is 2.30. The van der Waals surface area contributed by atoms with Gasteiger partial charge in [-0.25, -0.2) is 0 Å². The fraction of sp³-hybridized carbons (Fsp3) is 0.462. The first kappa shape index (κ1) is 23.0. The molecule has 0 aliphatic heterocycles. The highest BCUT2D eigenvalue weighted by atomic mass is 16.2. The van der Waals surface area contributed by atoms with E-state index in [2.05, 4.69) is 48.7 Å². The van der Waals surface area contributed by atoms with Gasteiger partial charge in [0.05, 0.1) is 12.1 Å². The zero-order valence-corrected chi connectivity index (χ0v) is 19.1. The van der Waals surface area contributed by atoms with Gasteiger partial charge in [-0.05, 0) is 67.0 Å². The van der Waals surface area contributed by atoms with Crippen molar-refractivity contribution in [3.8, 4) is 0 Å². The molecule has 2 atom stereocenters. The van der Waals surface area contributed by atoms with Crippen molar-refractivity contribution >= 4 is 17.9 Å². The minimum absolute atomic E-state index is 0.00995. The summed E-state index contributed by atoms with van der Waals surface area (Å²) in [7, 11) is 3.73. The van der Waals surface area contributed by atoms with Gasteiger partial charge in [-0.1, -0.05) is 50.2 Å². The number of benzene rings is 2. The highest BCUT2D eigenvalue weighted by Gasteiger charge is 2.36. The normalized spacial score (nSPS) is 15.4. The van der Waals surface area contributed by atoms with Gasteiger partial charge in [0.15, 0.2) is 0 Å². The molecule has 0 saturated carbocycles. The first-order valence-electron chi connectivity index (χ1n) is 11.2. The van der Waals surface area contributed by atoms with Gasteiger partial charge in [-0.3, -0.25) is 4.79 Å². The Kier molecular flexibility index (Phi) is 7.85. The summed E-state index contributed by atoms with van der Waals surface area (Å²) >= 11 is 0. The lowest BCUT2D eigenvalue weighted by Gasteiger charge is -2.34. The second-order valence-electron chi connectivity index (χ2n) is 8.95. The van der Waals surface area contributed by atoms with Crippen molar-refractivity contribution in [1.29, 1.82) is 0 Å². The molecule has 0 heterocycles. The Labute approximate surface area is 186 Å². The molecule has 2 aromatic rings. The van der Waals surface area contributed by atoms with Crippen LogP contribution in [0.2, 0.25) is 0 Å². The highest BCUT2D eigenvalue weighted by molar-refractivity contribution is 5.85. The summed E-state index contributed by atoms with van der Waals surface area (Å²) in [5, 5.41) is 6.40. The van der Waals surface area contributed by atoms with Crippen LogP contribution in [-0.2, 0) is 29.0 Å². The van der Waals surface area contributed by atoms with Crippen molar-refractivity contribution < 1.29 is 9.59 Å². The van der Waals surface area contributed by atoms with E-state index in [1.54, 1.807) is 4.90 Å². The SMILES string of the molecule is CNc1ccc(CN(C(=O)C(NC)C2Cc3ccccc3C2)[C@@H](C=O)CC(C)C)cc1. The van der Waals surface area contributed by atoms with E-state index in [4.69, 9.17) is 0 Å². The number of rotatable bonds is 10. The quantitative estimate of drug-likeness (QED) is 0.575. The predicted octanol–water partition coefficient (Wildman–Crippen LogP) is 3.67. The van der Waals surface area contributed by atoms with Crippen LogP contribution < -0.4 is 10.6 Å². The zero-order chi connectivity index (χ0) is 22.4. The summed E-state index contributed by atoms with van der Waals surface area (Å²) in [6, 6.07) is 15.7. The molecule has 0 aromatic heterocycles. The van der Waals surface area contributed by atoms with Crippen molar-refractivity contribution in [2.45, 2.75) is 51.7 Å². The Balaban J connectivity index is 1.85. The van der Waals surface area contributed by atoms with E-state index in [0.717, 1.165) is 30.4 Å². The Morgan fingerprint density at radius 1 is 1.06 bits per heavy atom. The molecule has 0 spiro atoms. The van der Waals surface area contributed by atoms with E-state index in [1.165, 1.54) is 11.1 Å². The van der Waals surface area contributed by atoms with E-state index in [0.29, 0.717) is 18.9 Å². The van der Waals surface area contributed by atoms with Crippen LogP contribution in [0.4, 0.5) is 5.69 Å². The fourth-order valence-corrected chi connectivity index (χ4v) is 4.64. The smallest absolute Gasteiger partial charge is 0.240 e. The van der Waals surface area contributed by atoms with Crippen LogP contribution in [0.3, 0.4) is 0 Å². The minimum atomic E-state index is -0.434. The molecule has 1 amide bonds. The fourth-order valence-electron chi connectivity index (χ4n) is 4.64. The number of anilines is 1. The number of nitrogens with zero attached hydrogens (tertiary/aromatic N) is 1. The third kappa shape index (κ3) is 5.53. The Morgan fingerprint density at radius 3 is 2.16 bits per heavy atom. The van der Waals surface area contributed by atoms with Gasteiger partial charge < -0.3 is 20.3 Å². The van der Waals surface area contributed by atoms with E-state index in [9.17, 15) is 9.59 Å². The maximum Gasteiger partial charge on any atom is 0.240 e. The number of hydrogen-bond acceptors (Lipinski definition) is 4. The molecule has 0 saturated heterocycles. The van der Waals surface area contributed by atoms with Crippen molar-refractivity contribution in [1.82, 2.24) is 10.2 Å². The summed E-state index contributed by atoms with van der Waals surface area (Å²) in [5.41, 5.74) is 4.69. The Hall–Kier alpha value is -2.66. The van der Waals surface area contributed by atoms with Crippen molar-refractivity contribution in [2.24, 2.45) is 11.8 Å². The summed E-state index contributed by atoms with van der Waals surface area (Å²) in [6.07, 6.45) is 3.36. The molecule has 2 aromatic carbocycles. The van der Waals surface area contributed by atoms with E-state index >= 15 is 0 Å². The molecular weight excluding hydrogens is 386 g/mol. The lowest BCUT2D eigenvalue weighted by molar-refractivity contribution is -0.140. The molecule has 5 nitrogen and oxygen atoms in total. The standard InChI is InChI=1S/C26H35N3O2/c1-18(2)13-24(17-30)29(16-19-9-11-23(27-3)12-10-19)26(31)25(28-4)22-14-20-7-5-6-8-21(20)15-22/h5-12,17-18,22,24-25,27-28H,13-16H2,1-4H3/t24-,25?/m1/s1. The molecule has 0 radical (unpaired) electrons. The molecular formula is C26H35N3O2. The van der Waals surface area contributed by atoms with E-state index in [-0.39, 0.29) is 17.9 Å². The molecule has 3 rings (SSSR count). The van der Waals surface area contributed by atoms with Crippen LogP contribution in [0, 0.1) is 11.8 Å². The zero-order valence-electron chi connectivity index (χ0n) is 19.1. The van der Waals surface area contributed by atoms with Gasteiger partial charge in [-0.2, -0.15) is 0 Å². The average Bonchev–Trinajstić information content (AvgIpc) is 3.20. The summed E-state index contributed by atoms with van der Waals surface area (Å²) in [5.74, 6) is 0.520. The van der Waals surface area contributed by atoms with Gasteiger partial charge in [0.2, 0.25) is 5.91 Å². The maximum absolute atomic E-state index is 13.8. The molecule has 5 heteroatoms. The Bertz CT molecular complexity index is 853. The predicted molar refractivity (Wildman–Crippen MR) is 126 cm³/mol. The average molecular weight is 422 g/mol. The summed E-state index contributed by atoms with van der Waals surface area (Å²) in [4.78, 5) is 27.7. The van der Waals surface area contributed by atoms with Gasteiger partial charge in [0, 0.05) is 19.3 Å². The van der Waals surface area contributed by atoms with Gasteiger partial charge >= 0.3 is 0 Å². The summed E-state index contributed by atoms with van der Waals surface area (Å²) in [6.45, 7) is 4.60. The summed E-state index contributed by atoms with van der Waals surface area (Å²) < 4.78 is 0. The van der Waals surface area contributed by atoms with Crippen molar-refractivity contribution in [3.05, 3.63) is 65.2 Å². The Morgan fingerprint density at radius 2 is 1.68 bits per heavy atom. The van der Waals surface area contributed by atoms with Gasteiger partial charge in [0.25, 0.3) is 0 Å². The third-order valence-corrected chi connectivity index (χ3v) is 6.28. The number of aldehydes is 1. The van der Waals surface area contributed by atoms with Crippen LogP contribution >= 0.6 is 0 Å². The molecule has 1 aliphatic rings. The monoisotopic (exact) mass is 421 g/mol. The lowest BCUT2D eigenvalue weighted by atomic mass is 9.93. The van der Waals surface area contributed by atoms with Crippen LogP contribution in [0.25, 0.3) is 0 Å². The van der Waals surface area contributed by atoms with E-state index < -0.39 is 6.04 Å². The number of likely N-dealkylation sites (N-methyl/N-ethyl adjacent to an activating group) is 1. The van der Waals surface area contributed by atoms with Gasteiger partial charge in [-0.15, -0.1) is 0 Å². The first-order chi connectivity index (χ1) is 15.0. The van der Waals surface area contributed by atoms with Crippen molar-refractivity contribution in [2.75, 3.05) is 19.4 Å². The molecule has 0 fully saturated rings. The largest absolute Gasteiger partial charge is 0.388 e. The molecule has 1 unspecified atom stereocenters. The minimum Gasteiger partial charge on any atom is -0.388 e. The van der Waals surface area contributed by atoms with Gasteiger partial charge in [0.1, 0.15) is 6.29 Å².